The normalized spacial score (nSPS) is 22.0. The summed E-state index contributed by atoms with van der Waals surface area (Å²) < 4.78 is 0. The maximum atomic E-state index is 4.36. The molecule has 0 aromatic rings. The van der Waals surface area contributed by atoms with Gasteiger partial charge in [0, 0.05) is 27.1 Å². The molecule has 0 bridgehead atoms. The lowest BCUT2D eigenvalue weighted by molar-refractivity contribution is 0.245. The molecule has 3 nitrogen and oxygen atoms in total. The zero-order valence-electron chi connectivity index (χ0n) is 9.25. The van der Waals surface area contributed by atoms with Crippen LogP contribution < -0.4 is 0 Å². The van der Waals surface area contributed by atoms with Gasteiger partial charge >= 0.3 is 0 Å². The summed E-state index contributed by atoms with van der Waals surface area (Å²) in [5.74, 6) is 1.93. The molecule has 0 aromatic heterocycles. The second kappa shape index (κ2) is 4.61. The van der Waals surface area contributed by atoms with Crippen LogP contribution in [0, 0.1) is 5.92 Å². The second-order valence-electron chi connectivity index (χ2n) is 4.05. The lowest BCUT2D eigenvalue weighted by Gasteiger charge is -2.32. The maximum Gasteiger partial charge on any atom is 0.101 e. The number of rotatable bonds is 1. The topological polar surface area (TPSA) is 18.8 Å². The molecule has 0 aromatic carbocycles. The van der Waals surface area contributed by atoms with Crippen molar-refractivity contribution in [2.24, 2.45) is 10.9 Å². The van der Waals surface area contributed by atoms with Crippen LogP contribution in [0.25, 0.3) is 0 Å². The van der Waals surface area contributed by atoms with Gasteiger partial charge in [0.25, 0.3) is 0 Å². The molecular formula is C10H21N3. The standard InChI is InChI=1S/C10H21N3/c1-11-10(12(2)3)9-5-7-13(4)8-6-9/h9H,5-8H2,1-4H3. The van der Waals surface area contributed by atoms with Gasteiger partial charge in [0.15, 0.2) is 0 Å². The molecule has 0 saturated carbocycles. The zero-order chi connectivity index (χ0) is 9.84. The minimum Gasteiger partial charge on any atom is -0.366 e. The van der Waals surface area contributed by atoms with E-state index in [1.54, 1.807) is 0 Å². The summed E-state index contributed by atoms with van der Waals surface area (Å²) in [7, 11) is 8.25. The molecule has 76 valence electrons. The van der Waals surface area contributed by atoms with Crippen molar-refractivity contribution in [1.29, 1.82) is 0 Å². The lowest BCUT2D eigenvalue weighted by Crippen LogP contribution is -2.38. The van der Waals surface area contributed by atoms with E-state index in [2.05, 4.69) is 35.9 Å². The summed E-state index contributed by atoms with van der Waals surface area (Å²) in [5, 5.41) is 0. The van der Waals surface area contributed by atoms with Crippen LogP contribution >= 0.6 is 0 Å². The van der Waals surface area contributed by atoms with Gasteiger partial charge in [-0.2, -0.15) is 0 Å². The fraction of sp³-hybridized carbons (Fsp3) is 0.900. The third-order valence-electron chi connectivity index (χ3n) is 2.77. The van der Waals surface area contributed by atoms with Gasteiger partial charge in [-0.3, -0.25) is 4.99 Å². The molecule has 1 heterocycles. The number of amidine groups is 1. The van der Waals surface area contributed by atoms with Crippen LogP contribution in [0.4, 0.5) is 0 Å². The molecule has 3 heteroatoms. The first kappa shape index (κ1) is 10.5. The largest absolute Gasteiger partial charge is 0.366 e. The Morgan fingerprint density at radius 2 is 1.85 bits per heavy atom. The Morgan fingerprint density at radius 3 is 2.23 bits per heavy atom. The van der Waals surface area contributed by atoms with Gasteiger partial charge in [0.1, 0.15) is 5.84 Å². The minimum absolute atomic E-state index is 0.677. The van der Waals surface area contributed by atoms with Crippen molar-refractivity contribution < 1.29 is 0 Å². The van der Waals surface area contributed by atoms with E-state index in [9.17, 15) is 0 Å². The Morgan fingerprint density at radius 1 is 1.31 bits per heavy atom. The van der Waals surface area contributed by atoms with E-state index in [-0.39, 0.29) is 0 Å². The molecule has 0 spiro atoms. The monoisotopic (exact) mass is 183 g/mol. The van der Waals surface area contributed by atoms with Gasteiger partial charge in [-0.25, -0.2) is 0 Å². The molecule has 0 unspecified atom stereocenters. The van der Waals surface area contributed by atoms with E-state index in [0.29, 0.717) is 5.92 Å². The molecule has 1 fully saturated rings. The van der Waals surface area contributed by atoms with Crippen molar-refractivity contribution in [3.63, 3.8) is 0 Å². The highest BCUT2D eigenvalue weighted by Gasteiger charge is 2.22. The van der Waals surface area contributed by atoms with Crippen LogP contribution in [-0.2, 0) is 0 Å². The average molecular weight is 183 g/mol. The fourth-order valence-electron chi connectivity index (χ4n) is 2.01. The number of hydrogen-bond donors (Lipinski definition) is 0. The highest BCUT2D eigenvalue weighted by molar-refractivity contribution is 5.84. The Kier molecular flexibility index (Phi) is 3.72. The molecule has 0 N–H and O–H groups in total. The van der Waals surface area contributed by atoms with Crippen molar-refractivity contribution in [3.8, 4) is 0 Å². The molecule has 0 aliphatic carbocycles. The van der Waals surface area contributed by atoms with E-state index in [1.165, 1.54) is 31.8 Å². The predicted octanol–water partition coefficient (Wildman–Crippen LogP) is 0.918. The smallest absolute Gasteiger partial charge is 0.101 e. The van der Waals surface area contributed by atoms with Crippen molar-refractivity contribution in [2.45, 2.75) is 12.8 Å². The molecule has 1 aliphatic heterocycles. The summed E-state index contributed by atoms with van der Waals surface area (Å²) in [6, 6.07) is 0. The van der Waals surface area contributed by atoms with Crippen molar-refractivity contribution in [1.82, 2.24) is 9.80 Å². The molecule has 0 amide bonds. The van der Waals surface area contributed by atoms with Crippen molar-refractivity contribution in [2.75, 3.05) is 41.3 Å². The number of nitrogens with zero attached hydrogens (tertiary/aromatic N) is 3. The summed E-state index contributed by atoms with van der Waals surface area (Å²) in [6.07, 6.45) is 2.50. The average Bonchev–Trinajstić information content (AvgIpc) is 2.09. The summed E-state index contributed by atoms with van der Waals surface area (Å²) in [5.41, 5.74) is 0. The molecule has 1 saturated heterocycles. The highest BCUT2D eigenvalue weighted by Crippen LogP contribution is 2.18. The SMILES string of the molecule is CN=C(C1CCN(C)CC1)N(C)C. The molecule has 1 aliphatic rings. The fourth-order valence-corrected chi connectivity index (χ4v) is 2.01. The Labute approximate surface area is 81.4 Å². The van der Waals surface area contributed by atoms with Gasteiger partial charge in [0.2, 0.25) is 0 Å². The van der Waals surface area contributed by atoms with Gasteiger partial charge < -0.3 is 9.80 Å². The molecule has 0 radical (unpaired) electrons. The summed E-state index contributed by atoms with van der Waals surface area (Å²) >= 11 is 0. The number of piperidine rings is 1. The van der Waals surface area contributed by atoms with Gasteiger partial charge in [0.05, 0.1) is 0 Å². The number of aliphatic imine (C=N–C) groups is 1. The zero-order valence-corrected chi connectivity index (χ0v) is 9.25. The quantitative estimate of drug-likeness (QED) is 0.444. The molecule has 1 rings (SSSR count). The van der Waals surface area contributed by atoms with Crippen LogP contribution in [0.5, 0.6) is 0 Å². The predicted molar refractivity (Wildman–Crippen MR) is 57.3 cm³/mol. The highest BCUT2D eigenvalue weighted by atomic mass is 15.2. The lowest BCUT2D eigenvalue weighted by atomic mass is 9.95. The third kappa shape index (κ3) is 2.69. The number of hydrogen-bond acceptors (Lipinski definition) is 2. The van der Waals surface area contributed by atoms with E-state index in [4.69, 9.17) is 0 Å². The number of likely N-dealkylation sites (tertiary alicyclic amines) is 1. The Hall–Kier alpha value is -0.570. The second-order valence-corrected chi connectivity index (χ2v) is 4.05. The van der Waals surface area contributed by atoms with Crippen LogP contribution in [0.2, 0.25) is 0 Å². The van der Waals surface area contributed by atoms with Crippen LogP contribution in [0.15, 0.2) is 4.99 Å². The van der Waals surface area contributed by atoms with Gasteiger partial charge in [-0.1, -0.05) is 0 Å². The van der Waals surface area contributed by atoms with Crippen LogP contribution in [0.1, 0.15) is 12.8 Å². The first-order valence-corrected chi connectivity index (χ1v) is 4.97. The molecule has 0 atom stereocenters. The first-order chi connectivity index (χ1) is 6.15. The van der Waals surface area contributed by atoms with Crippen molar-refractivity contribution in [3.05, 3.63) is 0 Å². The van der Waals surface area contributed by atoms with E-state index >= 15 is 0 Å². The van der Waals surface area contributed by atoms with Gasteiger partial charge in [-0.15, -0.1) is 0 Å². The summed E-state index contributed by atoms with van der Waals surface area (Å²) in [4.78, 5) is 8.90. The third-order valence-corrected chi connectivity index (χ3v) is 2.77. The molecule has 13 heavy (non-hydrogen) atoms. The van der Waals surface area contributed by atoms with Crippen molar-refractivity contribution >= 4 is 5.84 Å². The van der Waals surface area contributed by atoms with Crippen LogP contribution in [0.3, 0.4) is 0 Å². The van der Waals surface area contributed by atoms with E-state index in [0.717, 1.165) is 0 Å². The summed E-state index contributed by atoms with van der Waals surface area (Å²) in [6.45, 7) is 2.41. The van der Waals surface area contributed by atoms with Crippen LogP contribution in [-0.4, -0.2) is 56.9 Å². The minimum atomic E-state index is 0.677. The Bertz CT molecular complexity index is 179. The maximum absolute atomic E-state index is 4.36. The van der Waals surface area contributed by atoms with E-state index in [1.807, 2.05) is 7.05 Å². The molecular weight excluding hydrogens is 162 g/mol. The first-order valence-electron chi connectivity index (χ1n) is 4.97. The van der Waals surface area contributed by atoms with E-state index < -0.39 is 0 Å². The Balaban J connectivity index is 2.52. The van der Waals surface area contributed by atoms with Gasteiger partial charge in [-0.05, 0) is 33.0 Å².